The van der Waals surface area contributed by atoms with Crippen LogP contribution in [-0.4, -0.2) is 58.7 Å². The van der Waals surface area contributed by atoms with Gasteiger partial charge in [0.1, 0.15) is 23.1 Å². The molecular formula is C33H48O6S. The summed E-state index contributed by atoms with van der Waals surface area (Å²) >= 11 is 1.69. The van der Waals surface area contributed by atoms with Crippen LogP contribution in [0, 0.1) is 11.8 Å². The number of carbonyl (C=O) groups excluding carboxylic acids is 1. The van der Waals surface area contributed by atoms with Crippen LogP contribution in [-0.2, 0) is 23.7 Å². The average Bonchev–Trinajstić information content (AvgIpc) is 3.62. The molecule has 0 radical (unpaired) electrons. The molecule has 3 saturated heterocycles. The summed E-state index contributed by atoms with van der Waals surface area (Å²) in [4.78, 5) is 13.9. The maximum atomic E-state index is 12.7. The molecule has 3 heterocycles. The summed E-state index contributed by atoms with van der Waals surface area (Å²) in [5.41, 5.74) is 0. The van der Waals surface area contributed by atoms with Gasteiger partial charge in [-0.05, 0) is 58.6 Å². The number of rotatable bonds is 14. The van der Waals surface area contributed by atoms with E-state index in [4.69, 9.17) is 18.9 Å². The fraction of sp³-hybridized carbons (Fsp3) is 0.727. The molecule has 1 unspecified atom stereocenters. The number of esters is 1. The number of cyclic esters (lactones) is 1. The molecule has 0 amide bonds. The molecule has 0 spiro atoms. The molecule has 3 aliphatic rings. The Morgan fingerprint density at radius 1 is 1.00 bits per heavy atom. The SMILES string of the molecule is C[C@H]1CC(CCCCCCCCCCC#C[C@@H](O)[C@H]2CC[C@H]([C@H]3COC(C)(C)O3)O2)(Sc2ccccc2)C(=O)O1. The fourth-order valence-corrected chi connectivity index (χ4v) is 7.42. The van der Waals surface area contributed by atoms with Crippen molar-refractivity contribution >= 4 is 17.7 Å². The smallest absolute Gasteiger partial charge is 0.322 e. The molecule has 6 nitrogen and oxygen atoms in total. The number of carbonyl (C=O) groups is 1. The Labute approximate surface area is 245 Å². The minimum Gasteiger partial charge on any atom is -0.462 e. The molecule has 1 aromatic rings. The molecule has 3 aliphatic heterocycles. The Balaban J connectivity index is 1.02. The van der Waals surface area contributed by atoms with Gasteiger partial charge in [0.2, 0.25) is 0 Å². The van der Waals surface area contributed by atoms with Crippen LogP contribution in [0.25, 0.3) is 0 Å². The summed E-state index contributed by atoms with van der Waals surface area (Å²) < 4.78 is 22.7. The molecule has 0 aromatic heterocycles. The van der Waals surface area contributed by atoms with Gasteiger partial charge in [0.15, 0.2) is 5.79 Å². The van der Waals surface area contributed by atoms with Crippen molar-refractivity contribution in [2.75, 3.05) is 6.61 Å². The van der Waals surface area contributed by atoms with Gasteiger partial charge in [-0.3, -0.25) is 4.79 Å². The van der Waals surface area contributed by atoms with Crippen LogP contribution in [0.2, 0.25) is 0 Å². The van der Waals surface area contributed by atoms with Crippen LogP contribution >= 0.6 is 11.8 Å². The number of thioether (sulfide) groups is 1. The second-order valence-electron chi connectivity index (χ2n) is 12.1. The summed E-state index contributed by atoms with van der Waals surface area (Å²) in [7, 11) is 0. The highest BCUT2D eigenvalue weighted by Crippen LogP contribution is 2.46. The Morgan fingerprint density at radius 3 is 2.35 bits per heavy atom. The van der Waals surface area contributed by atoms with Gasteiger partial charge in [-0.1, -0.05) is 69.1 Å². The number of hydrogen-bond acceptors (Lipinski definition) is 7. The van der Waals surface area contributed by atoms with Crippen molar-refractivity contribution in [2.24, 2.45) is 0 Å². The largest absolute Gasteiger partial charge is 0.462 e. The molecular weight excluding hydrogens is 524 g/mol. The molecule has 0 saturated carbocycles. The first-order valence-electron chi connectivity index (χ1n) is 15.4. The van der Waals surface area contributed by atoms with Crippen molar-refractivity contribution in [3.63, 3.8) is 0 Å². The van der Waals surface area contributed by atoms with E-state index in [1.54, 1.807) is 11.8 Å². The highest BCUT2D eigenvalue weighted by atomic mass is 32.2. The third kappa shape index (κ3) is 9.22. The first-order valence-corrected chi connectivity index (χ1v) is 16.2. The van der Waals surface area contributed by atoms with Gasteiger partial charge in [0.05, 0.1) is 18.8 Å². The van der Waals surface area contributed by atoms with Crippen LogP contribution in [0.4, 0.5) is 0 Å². The van der Waals surface area contributed by atoms with E-state index in [2.05, 4.69) is 24.0 Å². The van der Waals surface area contributed by atoms with Gasteiger partial charge in [0.25, 0.3) is 0 Å². The first-order chi connectivity index (χ1) is 19.3. The zero-order valence-electron chi connectivity index (χ0n) is 24.6. The van der Waals surface area contributed by atoms with Gasteiger partial charge in [-0.2, -0.15) is 0 Å². The van der Waals surface area contributed by atoms with Crippen LogP contribution < -0.4 is 0 Å². The molecule has 0 aliphatic carbocycles. The lowest BCUT2D eigenvalue weighted by atomic mass is 9.96. The van der Waals surface area contributed by atoms with Gasteiger partial charge >= 0.3 is 5.97 Å². The molecule has 0 bridgehead atoms. The minimum absolute atomic E-state index is 0.000113. The van der Waals surface area contributed by atoms with E-state index in [-0.39, 0.29) is 30.4 Å². The van der Waals surface area contributed by atoms with Crippen molar-refractivity contribution < 1.29 is 28.8 Å². The normalized spacial score (nSPS) is 30.1. The lowest BCUT2D eigenvalue weighted by molar-refractivity contribution is -0.157. The van der Waals surface area contributed by atoms with Crippen LogP contribution in [0.15, 0.2) is 35.2 Å². The Bertz CT molecular complexity index is 988. The van der Waals surface area contributed by atoms with Crippen LogP contribution in [0.3, 0.4) is 0 Å². The number of hydrogen-bond donors (Lipinski definition) is 1. The molecule has 1 N–H and O–H groups in total. The summed E-state index contributed by atoms with van der Waals surface area (Å²) in [6, 6.07) is 10.2. The summed E-state index contributed by atoms with van der Waals surface area (Å²) in [6.07, 6.45) is 12.4. The number of aliphatic hydroxyl groups excluding tert-OH is 1. The van der Waals surface area contributed by atoms with Crippen molar-refractivity contribution in [3.05, 3.63) is 30.3 Å². The van der Waals surface area contributed by atoms with E-state index in [9.17, 15) is 9.90 Å². The standard InChI is InChI=1S/C33H48O6S/c1-25-23-33(31(35)37-25,40-26-17-13-12-14-18-26)22-16-11-9-7-5-4-6-8-10-15-19-27(34)28-20-21-29(38-28)30-24-36-32(2,3)39-30/h12-14,17-18,25,27-30,34H,4-11,16,20-24H2,1-3H3/t25-,27+,28+,29+,30+,33?/m0/s1. The van der Waals surface area contributed by atoms with Gasteiger partial charge in [0, 0.05) is 17.7 Å². The highest BCUT2D eigenvalue weighted by Gasteiger charge is 2.48. The van der Waals surface area contributed by atoms with Gasteiger partial charge in [-0.25, -0.2) is 0 Å². The number of benzene rings is 1. The van der Waals surface area contributed by atoms with E-state index < -0.39 is 16.6 Å². The molecule has 4 rings (SSSR count). The molecule has 40 heavy (non-hydrogen) atoms. The average molecular weight is 573 g/mol. The molecule has 1 aromatic carbocycles. The lowest BCUT2D eigenvalue weighted by Gasteiger charge is -2.24. The number of aliphatic hydroxyl groups is 1. The predicted molar refractivity (Wildman–Crippen MR) is 158 cm³/mol. The van der Waals surface area contributed by atoms with Gasteiger partial charge in [-0.15, -0.1) is 17.7 Å². The molecule has 222 valence electrons. The second-order valence-corrected chi connectivity index (χ2v) is 13.5. The number of ether oxygens (including phenoxy) is 4. The summed E-state index contributed by atoms with van der Waals surface area (Å²) in [5, 5.41) is 10.4. The lowest BCUT2D eigenvalue weighted by Crippen LogP contribution is -2.33. The minimum atomic E-state index is -0.736. The fourth-order valence-electron chi connectivity index (χ4n) is 5.98. The zero-order valence-corrected chi connectivity index (χ0v) is 25.4. The quantitative estimate of drug-likeness (QED) is 0.149. The van der Waals surface area contributed by atoms with Crippen LogP contribution in [0.1, 0.15) is 104 Å². The van der Waals surface area contributed by atoms with Crippen molar-refractivity contribution in [2.45, 2.75) is 150 Å². The van der Waals surface area contributed by atoms with E-state index in [1.165, 1.54) is 32.1 Å². The number of unbranched alkanes of at least 4 members (excludes halogenated alkanes) is 8. The predicted octanol–water partition coefficient (Wildman–Crippen LogP) is 6.82. The summed E-state index contributed by atoms with van der Waals surface area (Å²) in [6.45, 7) is 6.37. The zero-order chi connectivity index (χ0) is 28.4. The highest BCUT2D eigenvalue weighted by molar-refractivity contribution is 8.01. The molecule has 6 atom stereocenters. The second kappa shape index (κ2) is 15.1. The molecule has 7 heteroatoms. The third-order valence-corrected chi connectivity index (χ3v) is 9.55. The topological polar surface area (TPSA) is 74.2 Å². The van der Waals surface area contributed by atoms with Crippen molar-refractivity contribution in [1.82, 2.24) is 0 Å². The van der Waals surface area contributed by atoms with E-state index >= 15 is 0 Å². The maximum absolute atomic E-state index is 12.7. The molecule has 3 fully saturated rings. The Kier molecular flexibility index (Phi) is 11.8. The van der Waals surface area contributed by atoms with E-state index in [0.717, 1.165) is 56.3 Å². The van der Waals surface area contributed by atoms with E-state index in [0.29, 0.717) is 6.61 Å². The Morgan fingerprint density at radius 2 is 1.70 bits per heavy atom. The van der Waals surface area contributed by atoms with Gasteiger partial charge < -0.3 is 24.1 Å². The van der Waals surface area contributed by atoms with E-state index in [1.807, 2.05) is 39.0 Å². The Hall–Kier alpha value is -1.56. The first kappa shape index (κ1) is 31.4. The third-order valence-electron chi connectivity index (χ3n) is 8.12. The monoisotopic (exact) mass is 572 g/mol. The van der Waals surface area contributed by atoms with Crippen LogP contribution in [0.5, 0.6) is 0 Å². The summed E-state index contributed by atoms with van der Waals surface area (Å²) in [5.74, 6) is 5.56. The van der Waals surface area contributed by atoms with Crippen molar-refractivity contribution in [1.29, 1.82) is 0 Å². The maximum Gasteiger partial charge on any atom is 0.322 e. The van der Waals surface area contributed by atoms with Crippen molar-refractivity contribution in [3.8, 4) is 11.8 Å².